The van der Waals surface area contributed by atoms with Crippen LogP contribution in [0.2, 0.25) is 10.0 Å². The van der Waals surface area contributed by atoms with E-state index in [1.165, 1.54) is 6.33 Å². The van der Waals surface area contributed by atoms with Crippen LogP contribution in [0.3, 0.4) is 0 Å². The summed E-state index contributed by atoms with van der Waals surface area (Å²) >= 11 is 15.6. The van der Waals surface area contributed by atoms with Gasteiger partial charge in [-0.3, -0.25) is 0 Å². The fourth-order valence-corrected chi connectivity index (χ4v) is 2.91. The number of nitrogens with one attached hydrogen (secondary N) is 1. The number of rotatable bonds is 4. The third-order valence-electron chi connectivity index (χ3n) is 2.43. The smallest absolute Gasteiger partial charge is 0.146 e. The maximum absolute atomic E-state index is 6.13. The van der Waals surface area contributed by atoms with Gasteiger partial charge in [-0.2, -0.15) is 5.10 Å². The van der Waals surface area contributed by atoms with Crippen molar-refractivity contribution in [2.75, 3.05) is 5.32 Å². The molecule has 1 aromatic heterocycles. The topological polar surface area (TPSA) is 42.7 Å². The SMILES string of the molecule is CCn1ncnc1CNc1c(Cl)cc(Br)cc1Cl. The molecule has 1 aromatic carbocycles. The predicted octanol–water partition coefficient (Wildman–Crippen LogP) is 3.98. The Morgan fingerprint density at radius 1 is 1.33 bits per heavy atom. The van der Waals surface area contributed by atoms with E-state index in [4.69, 9.17) is 23.2 Å². The van der Waals surface area contributed by atoms with E-state index in [1.54, 1.807) is 12.1 Å². The summed E-state index contributed by atoms with van der Waals surface area (Å²) in [5, 5.41) is 8.41. The number of hydrogen-bond donors (Lipinski definition) is 1. The van der Waals surface area contributed by atoms with Gasteiger partial charge in [-0.25, -0.2) is 9.67 Å². The Hall–Kier alpha value is -0.780. The maximum atomic E-state index is 6.13. The maximum Gasteiger partial charge on any atom is 0.146 e. The van der Waals surface area contributed by atoms with Gasteiger partial charge in [-0.05, 0) is 19.1 Å². The van der Waals surface area contributed by atoms with E-state index in [1.807, 2.05) is 11.6 Å². The largest absolute Gasteiger partial charge is 0.375 e. The van der Waals surface area contributed by atoms with Crippen molar-refractivity contribution >= 4 is 44.8 Å². The fourth-order valence-electron chi connectivity index (χ4n) is 1.57. The Morgan fingerprint density at radius 3 is 2.61 bits per heavy atom. The normalized spacial score (nSPS) is 10.7. The van der Waals surface area contributed by atoms with E-state index < -0.39 is 0 Å². The molecular weight excluding hydrogens is 339 g/mol. The van der Waals surface area contributed by atoms with Crippen molar-refractivity contribution in [1.29, 1.82) is 0 Å². The number of nitrogens with zero attached hydrogens (tertiary/aromatic N) is 3. The van der Waals surface area contributed by atoms with Crippen LogP contribution in [0.4, 0.5) is 5.69 Å². The summed E-state index contributed by atoms with van der Waals surface area (Å²) in [7, 11) is 0. The second kappa shape index (κ2) is 5.91. The second-order valence-electron chi connectivity index (χ2n) is 3.59. The van der Waals surface area contributed by atoms with Gasteiger partial charge in [0.1, 0.15) is 12.2 Å². The molecule has 0 atom stereocenters. The molecule has 96 valence electrons. The monoisotopic (exact) mass is 348 g/mol. The molecule has 0 spiro atoms. The van der Waals surface area contributed by atoms with Crippen LogP contribution in [0.1, 0.15) is 12.7 Å². The van der Waals surface area contributed by atoms with Gasteiger partial charge in [0, 0.05) is 11.0 Å². The third-order valence-corrected chi connectivity index (χ3v) is 3.48. The fraction of sp³-hybridized carbons (Fsp3) is 0.273. The second-order valence-corrected chi connectivity index (χ2v) is 5.32. The molecule has 0 aliphatic heterocycles. The first-order valence-electron chi connectivity index (χ1n) is 5.37. The van der Waals surface area contributed by atoms with Crippen molar-refractivity contribution in [2.24, 2.45) is 0 Å². The van der Waals surface area contributed by atoms with Gasteiger partial charge in [-0.1, -0.05) is 39.1 Å². The summed E-state index contributed by atoms with van der Waals surface area (Å²) in [6.45, 7) is 3.31. The first-order valence-corrected chi connectivity index (χ1v) is 6.91. The zero-order valence-corrected chi connectivity index (χ0v) is 12.7. The van der Waals surface area contributed by atoms with E-state index >= 15 is 0 Å². The zero-order valence-electron chi connectivity index (χ0n) is 9.62. The highest BCUT2D eigenvalue weighted by Crippen LogP contribution is 2.33. The number of halogens is 3. The number of aromatic nitrogens is 3. The van der Waals surface area contributed by atoms with Crippen LogP contribution in [0.15, 0.2) is 22.9 Å². The summed E-state index contributed by atoms with van der Waals surface area (Å²) in [5.74, 6) is 0.840. The molecule has 0 aliphatic rings. The highest BCUT2D eigenvalue weighted by Gasteiger charge is 2.09. The van der Waals surface area contributed by atoms with Gasteiger partial charge < -0.3 is 5.32 Å². The summed E-state index contributed by atoms with van der Waals surface area (Å²) in [6, 6.07) is 3.58. The first-order chi connectivity index (χ1) is 8.61. The molecule has 0 saturated heterocycles. The Bertz CT molecular complexity index is 533. The molecule has 1 N–H and O–H groups in total. The van der Waals surface area contributed by atoms with Crippen molar-refractivity contribution in [1.82, 2.24) is 14.8 Å². The molecule has 2 rings (SSSR count). The molecule has 18 heavy (non-hydrogen) atoms. The lowest BCUT2D eigenvalue weighted by Crippen LogP contribution is -2.09. The summed E-state index contributed by atoms with van der Waals surface area (Å²) in [6.07, 6.45) is 1.53. The van der Waals surface area contributed by atoms with Gasteiger partial charge in [-0.15, -0.1) is 0 Å². The summed E-state index contributed by atoms with van der Waals surface area (Å²) < 4.78 is 2.66. The zero-order chi connectivity index (χ0) is 13.1. The quantitative estimate of drug-likeness (QED) is 0.907. The molecule has 2 aromatic rings. The molecule has 1 heterocycles. The average Bonchev–Trinajstić information content (AvgIpc) is 2.75. The standard InChI is InChI=1S/C11H11BrCl2N4/c1-2-18-10(16-6-17-18)5-15-11-8(13)3-7(12)4-9(11)14/h3-4,6,15H,2,5H2,1H3. The van der Waals surface area contributed by atoms with E-state index in [2.05, 4.69) is 31.3 Å². The van der Waals surface area contributed by atoms with Gasteiger partial charge in [0.15, 0.2) is 0 Å². The highest BCUT2D eigenvalue weighted by molar-refractivity contribution is 9.10. The number of aryl methyl sites for hydroxylation is 1. The van der Waals surface area contributed by atoms with E-state index in [0.717, 1.165) is 16.8 Å². The molecule has 0 aliphatic carbocycles. The lowest BCUT2D eigenvalue weighted by atomic mass is 10.3. The summed E-state index contributed by atoms with van der Waals surface area (Å²) in [4.78, 5) is 4.17. The minimum Gasteiger partial charge on any atom is -0.375 e. The van der Waals surface area contributed by atoms with Crippen molar-refractivity contribution in [3.63, 3.8) is 0 Å². The van der Waals surface area contributed by atoms with Gasteiger partial charge >= 0.3 is 0 Å². The minimum absolute atomic E-state index is 0.523. The molecule has 0 radical (unpaired) electrons. The van der Waals surface area contributed by atoms with E-state index in [0.29, 0.717) is 22.3 Å². The van der Waals surface area contributed by atoms with Crippen molar-refractivity contribution < 1.29 is 0 Å². The first kappa shape index (κ1) is 13.6. The Morgan fingerprint density at radius 2 is 2.00 bits per heavy atom. The number of anilines is 1. The molecule has 0 unspecified atom stereocenters. The van der Waals surface area contributed by atoms with Crippen LogP contribution in [0.5, 0.6) is 0 Å². The molecule has 0 fully saturated rings. The Kier molecular flexibility index (Phi) is 4.48. The summed E-state index contributed by atoms with van der Waals surface area (Å²) in [5.41, 5.74) is 0.701. The lowest BCUT2D eigenvalue weighted by molar-refractivity contribution is 0.622. The molecule has 0 bridgehead atoms. The predicted molar refractivity (Wildman–Crippen MR) is 77.2 cm³/mol. The number of benzene rings is 1. The molecular formula is C11H11BrCl2N4. The molecule has 0 amide bonds. The lowest BCUT2D eigenvalue weighted by Gasteiger charge is -2.11. The molecule has 4 nitrogen and oxygen atoms in total. The van der Waals surface area contributed by atoms with Crippen LogP contribution >= 0.6 is 39.1 Å². The average molecular weight is 350 g/mol. The van der Waals surface area contributed by atoms with Crippen molar-refractivity contribution in [3.8, 4) is 0 Å². The Balaban J connectivity index is 2.16. The van der Waals surface area contributed by atoms with Crippen LogP contribution in [-0.4, -0.2) is 14.8 Å². The minimum atomic E-state index is 0.523. The van der Waals surface area contributed by atoms with Crippen molar-refractivity contribution in [2.45, 2.75) is 20.0 Å². The third kappa shape index (κ3) is 2.96. The van der Waals surface area contributed by atoms with Crippen LogP contribution in [0.25, 0.3) is 0 Å². The number of hydrogen-bond acceptors (Lipinski definition) is 3. The van der Waals surface area contributed by atoms with Crippen LogP contribution < -0.4 is 5.32 Å². The molecule has 7 heteroatoms. The van der Waals surface area contributed by atoms with Gasteiger partial charge in [0.05, 0.1) is 22.3 Å². The van der Waals surface area contributed by atoms with E-state index in [-0.39, 0.29) is 0 Å². The van der Waals surface area contributed by atoms with Crippen LogP contribution in [0, 0.1) is 0 Å². The van der Waals surface area contributed by atoms with Gasteiger partial charge in [0.25, 0.3) is 0 Å². The van der Waals surface area contributed by atoms with Crippen molar-refractivity contribution in [3.05, 3.63) is 38.8 Å². The highest BCUT2D eigenvalue weighted by atomic mass is 79.9. The molecule has 0 saturated carbocycles. The van der Waals surface area contributed by atoms with E-state index in [9.17, 15) is 0 Å². The van der Waals surface area contributed by atoms with Gasteiger partial charge in [0.2, 0.25) is 0 Å². The van der Waals surface area contributed by atoms with Crippen LogP contribution in [-0.2, 0) is 13.1 Å². The Labute approximate surface area is 123 Å².